The summed E-state index contributed by atoms with van der Waals surface area (Å²) in [5.74, 6) is -0.284. The second kappa shape index (κ2) is 7.35. The molecule has 0 unspecified atom stereocenters. The number of piperazine rings is 1. The van der Waals surface area contributed by atoms with Crippen LogP contribution in [-0.4, -0.2) is 53.5 Å². The highest BCUT2D eigenvalue weighted by Gasteiger charge is 2.18. The van der Waals surface area contributed by atoms with E-state index in [0.717, 1.165) is 32.7 Å². The molecule has 2 heterocycles. The molecule has 6 nitrogen and oxygen atoms in total. The first-order valence-electron chi connectivity index (χ1n) is 8.02. The zero-order chi connectivity index (χ0) is 16.9. The lowest BCUT2D eigenvalue weighted by Crippen LogP contribution is -2.46. The molecular formula is C17H20FN5O. The Balaban J connectivity index is 1.64. The summed E-state index contributed by atoms with van der Waals surface area (Å²) in [5.41, 5.74) is 0.441. The van der Waals surface area contributed by atoms with Crippen molar-refractivity contribution in [1.29, 1.82) is 0 Å². The van der Waals surface area contributed by atoms with E-state index in [-0.39, 0.29) is 5.69 Å². The van der Waals surface area contributed by atoms with Gasteiger partial charge >= 0.3 is 0 Å². The predicted molar refractivity (Wildman–Crippen MR) is 90.7 cm³/mol. The fraction of sp³-hybridized carbons (Fsp3) is 0.353. The molecule has 1 saturated heterocycles. The summed E-state index contributed by atoms with van der Waals surface area (Å²) in [6.07, 6.45) is 2.95. The molecule has 1 fully saturated rings. The first-order valence-corrected chi connectivity index (χ1v) is 8.02. The molecule has 0 bridgehead atoms. The van der Waals surface area contributed by atoms with Gasteiger partial charge in [0, 0.05) is 38.6 Å². The Labute approximate surface area is 140 Å². The molecule has 2 aromatic rings. The number of benzene rings is 1. The van der Waals surface area contributed by atoms with E-state index in [0.29, 0.717) is 11.5 Å². The molecule has 0 saturated carbocycles. The molecule has 1 aromatic carbocycles. The van der Waals surface area contributed by atoms with Crippen LogP contribution in [-0.2, 0) is 0 Å². The number of amides is 1. The predicted octanol–water partition coefficient (Wildman–Crippen LogP) is 2.01. The largest absolute Gasteiger partial charge is 0.338 e. The van der Waals surface area contributed by atoms with Gasteiger partial charge in [0.25, 0.3) is 5.91 Å². The molecule has 0 aliphatic carbocycles. The first kappa shape index (κ1) is 16.3. The summed E-state index contributed by atoms with van der Waals surface area (Å²) < 4.78 is 13.6. The smallest absolute Gasteiger partial charge is 0.258 e. The number of likely N-dealkylation sites (N-methyl/N-ethyl adjacent to an activating group) is 1. The summed E-state index contributed by atoms with van der Waals surface area (Å²) in [7, 11) is 0. The molecule has 126 valence electrons. The van der Waals surface area contributed by atoms with E-state index in [2.05, 4.69) is 32.0 Å². The normalized spacial score (nSPS) is 15.3. The lowest BCUT2D eigenvalue weighted by molar-refractivity contribution is 0.102. The number of para-hydroxylation sites is 1. The second-order valence-corrected chi connectivity index (χ2v) is 5.63. The van der Waals surface area contributed by atoms with Gasteiger partial charge in [0.2, 0.25) is 5.95 Å². The van der Waals surface area contributed by atoms with Gasteiger partial charge in [0.05, 0.1) is 11.3 Å². The van der Waals surface area contributed by atoms with Gasteiger partial charge in [-0.2, -0.15) is 0 Å². The summed E-state index contributed by atoms with van der Waals surface area (Å²) in [6.45, 7) is 6.90. The molecule has 3 rings (SSSR count). The van der Waals surface area contributed by atoms with E-state index in [9.17, 15) is 9.18 Å². The summed E-state index contributed by atoms with van der Waals surface area (Å²) in [6, 6.07) is 6.04. The Morgan fingerprint density at radius 2 is 1.83 bits per heavy atom. The maximum absolute atomic E-state index is 13.6. The number of hydrogen-bond donors (Lipinski definition) is 1. The van der Waals surface area contributed by atoms with Gasteiger partial charge in [-0.05, 0) is 18.7 Å². The number of anilines is 2. The van der Waals surface area contributed by atoms with Crippen molar-refractivity contribution in [1.82, 2.24) is 14.9 Å². The van der Waals surface area contributed by atoms with E-state index in [4.69, 9.17) is 0 Å². The van der Waals surface area contributed by atoms with Crippen LogP contribution in [0.2, 0.25) is 0 Å². The zero-order valence-corrected chi connectivity index (χ0v) is 13.6. The molecular weight excluding hydrogens is 309 g/mol. The van der Waals surface area contributed by atoms with Crippen molar-refractivity contribution < 1.29 is 9.18 Å². The van der Waals surface area contributed by atoms with E-state index in [1.807, 2.05) is 0 Å². The minimum Gasteiger partial charge on any atom is -0.338 e. The Kier molecular flexibility index (Phi) is 5.00. The molecule has 1 aliphatic heterocycles. The third-order valence-corrected chi connectivity index (χ3v) is 4.12. The maximum Gasteiger partial charge on any atom is 0.258 e. The number of aromatic nitrogens is 2. The van der Waals surface area contributed by atoms with E-state index >= 15 is 0 Å². The standard InChI is InChI=1S/C17H20FN5O/c1-2-22-7-9-23(10-8-22)17-19-11-13(12-20-17)16(24)21-15-6-4-3-5-14(15)18/h3-6,11-12H,2,7-10H2,1H3,(H,21,24). The van der Waals surface area contributed by atoms with Gasteiger partial charge in [0.1, 0.15) is 5.82 Å². The number of halogens is 1. The van der Waals surface area contributed by atoms with Crippen LogP contribution in [0.1, 0.15) is 17.3 Å². The van der Waals surface area contributed by atoms with E-state index in [1.165, 1.54) is 24.5 Å². The number of carbonyl (C=O) groups excluding carboxylic acids is 1. The van der Waals surface area contributed by atoms with Crippen molar-refractivity contribution in [3.05, 3.63) is 48.0 Å². The Morgan fingerprint density at radius 1 is 1.17 bits per heavy atom. The first-order chi connectivity index (χ1) is 11.7. The number of rotatable bonds is 4. The van der Waals surface area contributed by atoms with Crippen LogP contribution in [0.25, 0.3) is 0 Å². The van der Waals surface area contributed by atoms with E-state index in [1.54, 1.807) is 12.1 Å². The molecule has 1 aliphatic rings. The van der Waals surface area contributed by atoms with Crippen LogP contribution in [0.5, 0.6) is 0 Å². The summed E-state index contributed by atoms with van der Waals surface area (Å²) in [5, 5.41) is 2.52. The highest BCUT2D eigenvalue weighted by atomic mass is 19.1. The average molecular weight is 329 g/mol. The van der Waals surface area contributed by atoms with Crippen molar-refractivity contribution in [2.24, 2.45) is 0 Å². The third kappa shape index (κ3) is 3.68. The third-order valence-electron chi connectivity index (χ3n) is 4.12. The van der Waals surface area contributed by atoms with Gasteiger partial charge in [-0.1, -0.05) is 19.1 Å². The number of nitrogens with one attached hydrogen (secondary N) is 1. The number of carbonyl (C=O) groups is 1. The molecule has 0 atom stereocenters. The highest BCUT2D eigenvalue weighted by molar-refractivity contribution is 6.03. The van der Waals surface area contributed by atoms with Crippen LogP contribution in [0.15, 0.2) is 36.7 Å². The van der Waals surface area contributed by atoms with Crippen molar-refractivity contribution >= 4 is 17.5 Å². The fourth-order valence-electron chi connectivity index (χ4n) is 2.62. The topological polar surface area (TPSA) is 61.4 Å². The second-order valence-electron chi connectivity index (χ2n) is 5.63. The lowest BCUT2D eigenvalue weighted by atomic mass is 10.2. The summed E-state index contributed by atoms with van der Waals surface area (Å²) in [4.78, 5) is 25.2. The number of nitrogens with zero attached hydrogens (tertiary/aromatic N) is 4. The van der Waals surface area contributed by atoms with Crippen molar-refractivity contribution in [3.8, 4) is 0 Å². The van der Waals surface area contributed by atoms with E-state index < -0.39 is 11.7 Å². The fourth-order valence-corrected chi connectivity index (χ4v) is 2.62. The van der Waals surface area contributed by atoms with Crippen LogP contribution in [0.4, 0.5) is 16.0 Å². The number of hydrogen-bond acceptors (Lipinski definition) is 5. The van der Waals surface area contributed by atoms with Gasteiger partial charge in [-0.25, -0.2) is 14.4 Å². The van der Waals surface area contributed by atoms with Crippen LogP contribution >= 0.6 is 0 Å². The Bertz CT molecular complexity index is 698. The van der Waals surface area contributed by atoms with Crippen molar-refractivity contribution in [2.75, 3.05) is 42.9 Å². The van der Waals surface area contributed by atoms with Crippen LogP contribution in [0.3, 0.4) is 0 Å². The molecule has 0 radical (unpaired) electrons. The van der Waals surface area contributed by atoms with Gasteiger partial charge in [-0.15, -0.1) is 0 Å². The van der Waals surface area contributed by atoms with Crippen molar-refractivity contribution in [3.63, 3.8) is 0 Å². The van der Waals surface area contributed by atoms with Gasteiger partial charge in [0.15, 0.2) is 0 Å². The Morgan fingerprint density at radius 3 is 2.46 bits per heavy atom. The Hall–Kier alpha value is -2.54. The minimum atomic E-state index is -0.475. The van der Waals surface area contributed by atoms with Crippen molar-refractivity contribution in [2.45, 2.75) is 6.92 Å². The molecule has 0 spiro atoms. The average Bonchev–Trinajstić information content (AvgIpc) is 2.64. The molecule has 1 amide bonds. The molecule has 7 heteroatoms. The van der Waals surface area contributed by atoms with Gasteiger partial charge in [-0.3, -0.25) is 4.79 Å². The molecule has 24 heavy (non-hydrogen) atoms. The van der Waals surface area contributed by atoms with Gasteiger partial charge < -0.3 is 15.1 Å². The monoisotopic (exact) mass is 329 g/mol. The molecule has 1 N–H and O–H groups in total. The van der Waals surface area contributed by atoms with Crippen LogP contribution in [0, 0.1) is 5.82 Å². The minimum absolute atomic E-state index is 0.141. The SMILES string of the molecule is CCN1CCN(c2ncc(C(=O)Nc3ccccc3F)cn2)CC1. The quantitative estimate of drug-likeness (QED) is 0.930. The molecule has 1 aromatic heterocycles. The maximum atomic E-state index is 13.6. The summed E-state index contributed by atoms with van der Waals surface area (Å²) >= 11 is 0. The van der Waals surface area contributed by atoms with Crippen LogP contribution < -0.4 is 10.2 Å². The zero-order valence-electron chi connectivity index (χ0n) is 13.6. The highest BCUT2D eigenvalue weighted by Crippen LogP contribution is 2.15. The lowest BCUT2D eigenvalue weighted by Gasteiger charge is -2.33.